The van der Waals surface area contributed by atoms with E-state index in [2.05, 4.69) is 244 Å². The maximum atomic E-state index is 5.07. The Hall–Kier alpha value is -8.15. The van der Waals surface area contributed by atoms with Crippen LogP contribution in [0, 0.1) is 0 Å². The van der Waals surface area contributed by atoms with Crippen LogP contribution in [0.15, 0.2) is 237 Å². The number of benzene rings is 9. The molecule has 0 amide bonds. The van der Waals surface area contributed by atoms with Crippen LogP contribution in [0.2, 0.25) is 0 Å². The van der Waals surface area contributed by atoms with Crippen molar-refractivity contribution in [2.24, 2.45) is 0 Å². The second kappa shape index (κ2) is 15.6. The van der Waals surface area contributed by atoms with Gasteiger partial charge in [0.15, 0.2) is 0 Å². The van der Waals surface area contributed by atoms with Crippen molar-refractivity contribution < 1.29 is 0 Å². The molecule has 1 N–H and O–H groups in total. The summed E-state index contributed by atoms with van der Waals surface area (Å²) in [5, 5.41) is 3.76. The SMILES string of the molecule is c1ccc(-c2nc3ccccc3n2-c2cccc(-c3ccc(N(c4ccccc4)c4ccc(-c5cccc(N6c7ccccc7NC6c6ccccc6)c5)cc4)cc3)c2)cc1. The van der Waals surface area contributed by atoms with Crippen molar-refractivity contribution in [1.82, 2.24) is 9.55 Å². The van der Waals surface area contributed by atoms with Crippen LogP contribution in [0.25, 0.3) is 50.4 Å². The third-order valence-corrected chi connectivity index (χ3v) is 11.6. The predicted molar refractivity (Wildman–Crippen MR) is 253 cm³/mol. The summed E-state index contributed by atoms with van der Waals surface area (Å²) in [6, 6.07) is 84.0. The van der Waals surface area contributed by atoms with E-state index >= 15 is 0 Å². The van der Waals surface area contributed by atoms with E-state index in [1.807, 2.05) is 12.1 Å². The first-order valence-electron chi connectivity index (χ1n) is 20.7. The van der Waals surface area contributed by atoms with Gasteiger partial charge in [-0.15, -0.1) is 0 Å². The van der Waals surface area contributed by atoms with Gasteiger partial charge < -0.3 is 15.1 Å². The van der Waals surface area contributed by atoms with E-state index in [0.717, 1.165) is 78.8 Å². The Morgan fingerprint density at radius 1 is 0.410 bits per heavy atom. The molecule has 1 unspecified atom stereocenters. The Balaban J connectivity index is 0.906. The maximum Gasteiger partial charge on any atom is 0.145 e. The molecule has 5 heteroatoms. The number of fused-ring (bicyclic) bond motifs is 2. The lowest BCUT2D eigenvalue weighted by Crippen LogP contribution is -2.23. The van der Waals surface area contributed by atoms with E-state index in [-0.39, 0.29) is 6.17 Å². The van der Waals surface area contributed by atoms with Crippen LogP contribution in [-0.2, 0) is 0 Å². The van der Waals surface area contributed by atoms with Crippen LogP contribution in [0.3, 0.4) is 0 Å². The standard InChI is InChI=1S/C56H41N5/c1-4-16-42(17-5-1)55-57-51-26-10-12-28-53(51)60(55)49-24-14-20-44(38-49)40-30-34-47(35-31-40)59(46-22-8-3-9-23-46)48-36-32-41(33-37-48)45-21-15-25-50(39-45)61-54-29-13-11-27-52(54)58-56(61)43-18-6-2-7-19-43/h1-39,55,57H. The van der Waals surface area contributed by atoms with Gasteiger partial charge in [-0.2, -0.15) is 0 Å². The zero-order chi connectivity index (χ0) is 40.5. The molecule has 10 aromatic rings. The van der Waals surface area contributed by atoms with Crippen LogP contribution >= 0.6 is 0 Å². The first kappa shape index (κ1) is 36.0. The van der Waals surface area contributed by atoms with E-state index in [1.165, 1.54) is 11.3 Å². The number of para-hydroxylation sites is 5. The molecule has 5 nitrogen and oxygen atoms in total. The summed E-state index contributed by atoms with van der Waals surface area (Å²) in [6.07, 6.45) is -0.00416. The van der Waals surface area contributed by atoms with Gasteiger partial charge in [-0.3, -0.25) is 4.57 Å². The number of rotatable bonds is 9. The van der Waals surface area contributed by atoms with Gasteiger partial charge in [0.2, 0.25) is 0 Å². The van der Waals surface area contributed by atoms with Gasteiger partial charge in [0, 0.05) is 34.0 Å². The monoisotopic (exact) mass is 783 g/mol. The zero-order valence-corrected chi connectivity index (χ0v) is 33.4. The molecule has 9 aromatic carbocycles. The van der Waals surface area contributed by atoms with E-state index in [9.17, 15) is 0 Å². The number of anilines is 6. The highest BCUT2D eigenvalue weighted by atomic mass is 15.3. The molecule has 11 rings (SSSR count). The van der Waals surface area contributed by atoms with Gasteiger partial charge in [0.05, 0.1) is 22.4 Å². The molecule has 1 aliphatic heterocycles. The smallest absolute Gasteiger partial charge is 0.145 e. The number of nitrogens with one attached hydrogen (secondary N) is 1. The highest BCUT2D eigenvalue weighted by molar-refractivity contribution is 5.86. The Morgan fingerprint density at radius 3 is 1.62 bits per heavy atom. The van der Waals surface area contributed by atoms with Crippen molar-refractivity contribution in [1.29, 1.82) is 0 Å². The molecule has 1 aromatic heterocycles. The van der Waals surface area contributed by atoms with E-state index in [1.54, 1.807) is 0 Å². The van der Waals surface area contributed by atoms with Gasteiger partial charge in [-0.05, 0) is 113 Å². The minimum absolute atomic E-state index is 0.00416. The highest BCUT2D eigenvalue weighted by Crippen LogP contribution is 2.46. The molecule has 290 valence electrons. The summed E-state index contributed by atoms with van der Waals surface area (Å²) in [7, 11) is 0. The van der Waals surface area contributed by atoms with Crippen molar-refractivity contribution in [3.05, 3.63) is 242 Å². The molecule has 0 radical (unpaired) electrons. The molecule has 0 saturated carbocycles. The average molecular weight is 784 g/mol. The van der Waals surface area contributed by atoms with Crippen molar-refractivity contribution in [3.63, 3.8) is 0 Å². The molecular formula is C56H41N5. The van der Waals surface area contributed by atoms with Gasteiger partial charge in [-0.1, -0.05) is 152 Å². The normalized spacial score (nSPS) is 13.2. The third kappa shape index (κ3) is 6.78. The second-order valence-electron chi connectivity index (χ2n) is 15.3. The number of hydrogen-bond donors (Lipinski definition) is 1. The molecule has 0 saturated heterocycles. The molecule has 0 aliphatic carbocycles. The molecular weight excluding hydrogens is 743 g/mol. The summed E-state index contributed by atoms with van der Waals surface area (Å²) in [4.78, 5) is 9.79. The second-order valence-corrected chi connectivity index (χ2v) is 15.3. The molecule has 1 atom stereocenters. The quantitative estimate of drug-likeness (QED) is 0.158. The first-order valence-corrected chi connectivity index (χ1v) is 20.7. The third-order valence-electron chi connectivity index (χ3n) is 11.6. The van der Waals surface area contributed by atoms with Crippen LogP contribution in [0.1, 0.15) is 11.7 Å². The summed E-state index contributed by atoms with van der Waals surface area (Å²) in [6.45, 7) is 0. The number of imidazole rings is 1. The summed E-state index contributed by atoms with van der Waals surface area (Å²) in [5.41, 5.74) is 16.7. The molecule has 61 heavy (non-hydrogen) atoms. The summed E-state index contributed by atoms with van der Waals surface area (Å²) in [5.74, 6) is 0.929. The van der Waals surface area contributed by atoms with Crippen LogP contribution in [-0.4, -0.2) is 9.55 Å². The fourth-order valence-electron chi connectivity index (χ4n) is 8.67. The zero-order valence-electron chi connectivity index (χ0n) is 33.4. The molecule has 2 heterocycles. The fourth-order valence-corrected chi connectivity index (χ4v) is 8.67. The van der Waals surface area contributed by atoms with Crippen LogP contribution in [0.4, 0.5) is 34.1 Å². The lowest BCUT2D eigenvalue weighted by molar-refractivity contribution is 0.828. The van der Waals surface area contributed by atoms with Crippen molar-refractivity contribution in [2.45, 2.75) is 6.17 Å². The Morgan fingerprint density at radius 2 is 0.934 bits per heavy atom. The number of aromatic nitrogens is 2. The largest absolute Gasteiger partial charge is 0.359 e. The molecule has 0 bridgehead atoms. The highest BCUT2D eigenvalue weighted by Gasteiger charge is 2.31. The van der Waals surface area contributed by atoms with Crippen molar-refractivity contribution >= 4 is 45.2 Å². The Kier molecular flexibility index (Phi) is 9.17. The summed E-state index contributed by atoms with van der Waals surface area (Å²) < 4.78 is 2.27. The van der Waals surface area contributed by atoms with E-state index in [0.29, 0.717) is 0 Å². The Labute approximate surface area is 356 Å². The molecule has 0 fully saturated rings. The number of nitrogens with zero attached hydrogens (tertiary/aromatic N) is 4. The number of hydrogen-bond acceptors (Lipinski definition) is 4. The predicted octanol–water partition coefficient (Wildman–Crippen LogP) is 14.8. The molecule has 0 spiro atoms. The van der Waals surface area contributed by atoms with Crippen molar-refractivity contribution in [3.8, 4) is 39.3 Å². The minimum atomic E-state index is -0.00416. The lowest BCUT2D eigenvalue weighted by Gasteiger charge is -2.28. The fraction of sp³-hybridized carbons (Fsp3) is 0.0179. The van der Waals surface area contributed by atoms with Crippen LogP contribution < -0.4 is 15.1 Å². The van der Waals surface area contributed by atoms with E-state index < -0.39 is 0 Å². The van der Waals surface area contributed by atoms with Gasteiger partial charge in [0.25, 0.3) is 0 Å². The van der Waals surface area contributed by atoms with E-state index in [4.69, 9.17) is 4.98 Å². The lowest BCUT2D eigenvalue weighted by atomic mass is 10.0. The van der Waals surface area contributed by atoms with Gasteiger partial charge in [-0.25, -0.2) is 4.98 Å². The van der Waals surface area contributed by atoms with Crippen molar-refractivity contribution in [2.75, 3.05) is 15.1 Å². The molecule has 1 aliphatic rings. The Bertz CT molecular complexity index is 3100. The summed E-state index contributed by atoms with van der Waals surface area (Å²) >= 11 is 0. The maximum absolute atomic E-state index is 5.07. The van der Waals surface area contributed by atoms with Gasteiger partial charge >= 0.3 is 0 Å². The van der Waals surface area contributed by atoms with Gasteiger partial charge in [0.1, 0.15) is 12.0 Å². The first-order chi connectivity index (χ1) is 30.2. The van der Waals surface area contributed by atoms with Crippen LogP contribution in [0.5, 0.6) is 0 Å². The topological polar surface area (TPSA) is 36.3 Å². The average Bonchev–Trinajstić information content (AvgIpc) is 3.93. The minimum Gasteiger partial charge on any atom is -0.359 e.